The van der Waals surface area contributed by atoms with Crippen molar-refractivity contribution in [2.75, 3.05) is 6.54 Å². The lowest BCUT2D eigenvalue weighted by molar-refractivity contribution is 0.0949. The van der Waals surface area contributed by atoms with Gasteiger partial charge >= 0.3 is 0 Å². The summed E-state index contributed by atoms with van der Waals surface area (Å²) in [6, 6.07) is 9.49. The third kappa shape index (κ3) is 1.70. The van der Waals surface area contributed by atoms with E-state index in [4.69, 9.17) is 0 Å². The van der Waals surface area contributed by atoms with Gasteiger partial charge in [0.25, 0.3) is 5.91 Å². The second-order valence-corrected chi connectivity index (χ2v) is 7.21. The molecule has 96 valence electrons. The molecule has 0 unspecified atom stereocenters. The fourth-order valence-electron chi connectivity index (χ4n) is 2.78. The molecule has 0 saturated heterocycles. The predicted molar refractivity (Wildman–Crippen MR) is 77.4 cm³/mol. The molecule has 3 nitrogen and oxygen atoms in total. The third-order valence-corrected chi connectivity index (χ3v) is 5.79. The molecular weight excluding hydrogens is 304 g/mol. The van der Waals surface area contributed by atoms with Crippen molar-refractivity contribution in [3.63, 3.8) is 0 Å². The predicted octanol–water partition coefficient (Wildman–Crippen LogP) is 2.89. The van der Waals surface area contributed by atoms with Gasteiger partial charge in [0.2, 0.25) is 0 Å². The maximum atomic E-state index is 12.1. The van der Waals surface area contributed by atoms with Crippen molar-refractivity contribution in [2.45, 2.75) is 17.2 Å². The largest absolute Gasteiger partial charge is 0.351 e. The first-order valence-electron chi connectivity index (χ1n) is 6.44. The van der Waals surface area contributed by atoms with E-state index >= 15 is 0 Å². The van der Waals surface area contributed by atoms with Crippen LogP contribution in [0.2, 0.25) is 0 Å². The maximum absolute atomic E-state index is 12.1. The number of hydrogen-bond acceptors (Lipinski definition) is 2. The fourth-order valence-corrected chi connectivity index (χ4v) is 4.00. The summed E-state index contributed by atoms with van der Waals surface area (Å²) in [5.41, 5.74) is 1.99. The Morgan fingerprint density at radius 3 is 2.89 bits per heavy atom. The zero-order valence-electron chi connectivity index (χ0n) is 10.3. The molecule has 4 rings (SSSR count). The molecule has 2 aromatic rings. The van der Waals surface area contributed by atoms with Crippen LogP contribution in [0.4, 0.5) is 0 Å². The van der Waals surface area contributed by atoms with Gasteiger partial charge in [-0.1, -0.05) is 22.0 Å². The number of rotatable bonds is 3. The molecule has 0 bridgehead atoms. The highest BCUT2D eigenvalue weighted by Gasteiger charge is 2.81. The van der Waals surface area contributed by atoms with Crippen LogP contribution in [0.25, 0.3) is 10.9 Å². The summed E-state index contributed by atoms with van der Waals surface area (Å²) in [5, 5.41) is 4.04. The molecule has 1 N–H and O–H groups in total. The number of carbonyl (C=O) groups is 1. The number of aromatic nitrogens is 1. The number of pyridine rings is 1. The molecule has 2 aliphatic carbocycles. The molecule has 1 heterocycles. The van der Waals surface area contributed by atoms with Crippen LogP contribution in [0.15, 0.2) is 36.5 Å². The Morgan fingerprint density at radius 2 is 2.16 bits per heavy atom. The summed E-state index contributed by atoms with van der Waals surface area (Å²) in [6.07, 6.45) is 4.15. The van der Waals surface area contributed by atoms with Crippen LogP contribution in [0.5, 0.6) is 0 Å². The molecule has 0 aliphatic heterocycles. The summed E-state index contributed by atoms with van der Waals surface area (Å²) in [5.74, 6) is 0.00813. The number of nitrogens with one attached hydrogen (secondary N) is 1. The number of benzene rings is 1. The smallest absolute Gasteiger partial charge is 0.251 e. The van der Waals surface area contributed by atoms with Crippen LogP contribution >= 0.6 is 15.9 Å². The Bertz CT molecular complexity index is 691. The number of fused-ring (bicyclic) bond motifs is 2. The topological polar surface area (TPSA) is 42.0 Å². The SMILES string of the molecule is O=C(NCC12CC1(Br)C2)c1ccc2ncccc2c1. The normalized spacial score (nSPS) is 30.8. The van der Waals surface area contributed by atoms with Crippen LogP contribution < -0.4 is 5.32 Å². The summed E-state index contributed by atoms with van der Waals surface area (Å²) < 4.78 is 0.362. The van der Waals surface area contributed by atoms with E-state index < -0.39 is 0 Å². The Kier molecular flexibility index (Phi) is 2.14. The van der Waals surface area contributed by atoms with Gasteiger partial charge in [-0.25, -0.2) is 0 Å². The van der Waals surface area contributed by atoms with E-state index in [-0.39, 0.29) is 5.91 Å². The molecule has 0 radical (unpaired) electrons. The molecule has 1 aromatic heterocycles. The molecule has 0 spiro atoms. The summed E-state index contributed by atoms with van der Waals surface area (Å²) in [4.78, 5) is 16.4. The van der Waals surface area contributed by atoms with Gasteiger partial charge in [0, 0.05) is 33.4 Å². The number of carbonyl (C=O) groups excluding carboxylic acids is 1. The fraction of sp³-hybridized carbons (Fsp3) is 0.333. The van der Waals surface area contributed by atoms with Crippen molar-refractivity contribution in [1.82, 2.24) is 10.3 Å². The number of amides is 1. The molecule has 2 saturated carbocycles. The minimum atomic E-state index is 0.00813. The van der Waals surface area contributed by atoms with E-state index in [1.165, 1.54) is 12.8 Å². The van der Waals surface area contributed by atoms with Crippen molar-refractivity contribution >= 4 is 32.7 Å². The van der Waals surface area contributed by atoms with Gasteiger partial charge in [0.1, 0.15) is 0 Å². The van der Waals surface area contributed by atoms with Crippen LogP contribution in [0.1, 0.15) is 23.2 Å². The first kappa shape index (κ1) is 11.4. The van der Waals surface area contributed by atoms with Crippen molar-refractivity contribution in [3.8, 4) is 0 Å². The van der Waals surface area contributed by atoms with E-state index in [0.29, 0.717) is 15.3 Å². The Labute approximate surface area is 119 Å². The Balaban J connectivity index is 1.51. The number of hydrogen-bond donors (Lipinski definition) is 1. The first-order valence-corrected chi connectivity index (χ1v) is 7.23. The lowest BCUT2D eigenvalue weighted by atomic mass is 10.1. The number of nitrogens with zero attached hydrogens (tertiary/aromatic N) is 1. The molecule has 1 amide bonds. The highest BCUT2D eigenvalue weighted by molar-refractivity contribution is 9.10. The lowest BCUT2D eigenvalue weighted by Crippen LogP contribution is -2.27. The highest BCUT2D eigenvalue weighted by atomic mass is 79.9. The van der Waals surface area contributed by atoms with Crippen molar-refractivity contribution < 1.29 is 4.79 Å². The minimum absolute atomic E-state index is 0.00813. The average Bonchev–Trinajstić information content (AvgIpc) is 3.20. The average molecular weight is 317 g/mol. The maximum Gasteiger partial charge on any atom is 0.251 e. The summed E-state index contributed by atoms with van der Waals surface area (Å²) >= 11 is 3.70. The molecule has 2 aliphatic rings. The van der Waals surface area contributed by atoms with Crippen LogP contribution in [0, 0.1) is 5.41 Å². The van der Waals surface area contributed by atoms with E-state index in [1.807, 2.05) is 30.3 Å². The van der Waals surface area contributed by atoms with Gasteiger partial charge in [-0.3, -0.25) is 9.78 Å². The second kappa shape index (κ2) is 3.57. The quantitative estimate of drug-likeness (QED) is 0.885. The number of alkyl halides is 1. The summed E-state index contributed by atoms with van der Waals surface area (Å²) in [6.45, 7) is 0.780. The first-order chi connectivity index (χ1) is 9.12. The van der Waals surface area contributed by atoms with E-state index in [2.05, 4.69) is 26.2 Å². The van der Waals surface area contributed by atoms with Gasteiger partial charge in [-0.2, -0.15) is 0 Å². The van der Waals surface area contributed by atoms with Crippen molar-refractivity contribution in [1.29, 1.82) is 0 Å². The van der Waals surface area contributed by atoms with Crippen LogP contribution in [0.3, 0.4) is 0 Å². The molecule has 1 aromatic carbocycles. The monoisotopic (exact) mass is 316 g/mol. The van der Waals surface area contributed by atoms with Gasteiger partial charge in [0.05, 0.1) is 5.52 Å². The second-order valence-electron chi connectivity index (χ2n) is 5.69. The molecule has 4 heteroatoms. The minimum Gasteiger partial charge on any atom is -0.351 e. The third-order valence-electron chi connectivity index (χ3n) is 4.39. The lowest BCUT2D eigenvalue weighted by Gasteiger charge is -2.07. The zero-order valence-corrected chi connectivity index (χ0v) is 11.9. The van der Waals surface area contributed by atoms with Crippen LogP contribution in [-0.4, -0.2) is 21.8 Å². The molecule has 19 heavy (non-hydrogen) atoms. The van der Waals surface area contributed by atoms with Gasteiger partial charge < -0.3 is 5.32 Å². The zero-order chi connectivity index (χ0) is 13.1. The highest BCUT2D eigenvalue weighted by Crippen LogP contribution is 2.83. The van der Waals surface area contributed by atoms with E-state index in [0.717, 1.165) is 17.4 Å². The Hall–Kier alpha value is -1.42. The van der Waals surface area contributed by atoms with E-state index in [9.17, 15) is 4.79 Å². The van der Waals surface area contributed by atoms with Crippen LogP contribution in [-0.2, 0) is 0 Å². The molecule has 2 fully saturated rings. The van der Waals surface area contributed by atoms with Crippen molar-refractivity contribution in [3.05, 3.63) is 42.1 Å². The van der Waals surface area contributed by atoms with Gasteiger partial charge in [-0.05, 0) is 37.1 Å². The number of halogens is 1. The van der Waals surface area contributed by atoms with E-state index in [1.54, 1.807) is 6.20 Å². The molecule has 0 atom stereocenters. The van der Waals surface area contributed by atoms with Gasteiger partial charge in [0.15, 0.2) is 0 Å². The Morgan fingerprint density at radius 1 is 1.37 bits per heavy atom. The van der Waals surface area contributed by atoms with Crippen molar-refractivity contribution in [2.24, 2.45) is 5.41 Å². The summed E-state index contributed by atoms with van der Waals surface area (Å²) in [7, 11) is 0. The van der Waals surface area contributed by atoms with Gasteiger partial charge in [-0.15, -0.1) is 0 Å². The molecular formula is C15H13BrN2O. The standard InChI is InChI=1S/C15H13BrN2O/c16-15-7-14(15,8-15)9-18-13(19)11-3-4-12-10(6-11)2-1-5-17-12/h1-6H,7-9H2,(H,18,19).